The zero-order chi connectivity index (χ0) is 15.1. The Balaban J connectivity index is 3.32. The molecule has 0 amide bonds. The van der Waals surface area contributed by atoms with Gasteiger partial charge in [0.05, 0.1) is 11.5 Å². The van der Waals surface area contributed by atoms with Crippen molar-refractivity contribution in [2.24, 2.45) is 0 Å². The van der Waals surface area contributed by atoms with Gasteiger partial charge >= 0.3 is 0 Å². The van der Waals surface area contributed by atoms with Gasteiger partial charge in [-0.25, -0.2) is 8.42 Å². The highest BCUT2D eigenvalue weighted by molar-refractivity contribution is 7.91. The molecule has 20 heavy (non-hydrogen) atoms. The third-order valence-electron chi connectivity index (χ3n) is 3.39. The Hall–Kier alpha value is -0.580. The normalized spacial score (nSPS) is 11.4. The van der Waals surface area contributed by atoms with Crippen LogP contribution in [0.2, 0.25) is 0 Å². The molecule has 0 radical (unpaired) electrons. The molecule has 120 valence electrons. The lowest BCUT2D eigenvalue weighted by molar-refractivity contribution is -0.128. The summed E-state index contributed by atoms with van der Waals surface area (Å²) in [6, 6.07) is 0. The number of unbranched alkanes of at least 4 members (excludes halogenated alkanes) is 9. The summed E-state index contributed by atoms with van der Waals surface area (Å²) in [7, 11) is -3.05. The van der Waals surface area contributed by atoms with Gasteiger partial charge in [0.1, 0.15) is 6.61 Å². The number of carbonyl (C=O) groups excluding carboxylic acids is 1. The molecule has 0 aromatic heterocycles. The average molecular weight is 306 g/mol. The van der Waals surface area contributed by atoms with Crippen LogP contribution in [0.3, 0.4) is 0 Å². The molecule has 0 saturated heterocycles. The first-order chi connectivity index (χ1) is 9.62. The van der Waals surface area contributed by atoms with Gasteiger partial charge < -0.3 is 4.74 Å². The monoisotopic (exact) mass is 306 g/mol. The zero-order valence-electron chi connectivity index (χ0n) is 12.8. The summed E-state index contributed by atoms with van der Waals surface area (Å²) in [5.74, 6) is 0.162. The van der Waals surface area contributed by atoms with Crippen LogP contribution in [0.25, 0.3) is 0 Å². The van der Waals surface area contributed by atoms with Gasteiger partial charge in [0, 0.05) is 0 Å². The highest BCUT2D eigenvalue weighted by Gasteiger charge is 2.10. The topological polar surface area (TPSA) is 60.4 Å². The van der Waals surface area contributed by atoms with E-state index in [-0.39, 0.29) is 24.6 Å². The Bertz CT molecular complexity index is 312. The van der Waals surface area contributed by atoms with Gasteiger partial charge in [-0.1, -0.05) is 64.7 Å². The third kappa shape index (κ3) is 13.8. The third-order valence-corrected chi connectivity index (χ3v) is 5.09. The lowest BCUT2D eigenvalue weighted by Gasteiger charge is -2.04. The van der Waals surface area contributed by atoms with E-state index >= 15 is 0 Å². The Kier molecular flexibility index (Phi) is 13.0. The van der Waals surface area contributed by atoms with Crippen LogP contribution >= 0.6 is 0 Å². The van der Waals surface area contributed by atoms with Crippen molar-refractivity contribution < 1.29 is 17.9 Å². The molecule has 0 aliphatic rings. The number of sulfone groups is 1. The lowest BCUT2D eigenvalue weighted by Crippen LogP contribution is -2.15. The van der Waals surface area contributed by atoms with E-state index in [2.05, 4.69) is 11.7 Å². The fraction of sp³-hybridized carbons (Fsp3) is 0.933. The largest absolute Gasteiger partial charge is 0.467 e. The maximum absolute atomic E-state index is 11.5. The average Bonchev–Trinajstić information content (AvgIpc) is 2.41. The van der Waals surface area contributed by atoms with Crippen molar-refractivity contribution in [1.29, 1.82) is 0 Å². The van der Waals surface area contributed by atoms with Crippen molar-refractivity contribution in [3.63, 3.8) is 0 Å². The lowest BCUT2D eigenvalue weighted by atomic mass is 10.1. The molecule has 0 saturated carbocycles. The number of rotatable bonds is 15. The Labute approximate surface area is 124 Å². The molecule has 0 rings (SSSR count). The summed E-state index contributed by atoms with van der Waals surface area (Å²) >= 11 is 0. The van der Waals surface area contributed by atoms with E-state index in [0.717, 1.165) is 19.3 Å². The van der Waals surface area contributed by atoms with Crippen LogP contribution in [0.5, 0.6) is 0 Å². The van der Waals surface area contributed by atoms with Crippen LogP contribution < -0.4 is 0 Å². The molecule has 5 heteroatoms. The van der Waals surface area contributed by atoms with E-state index in [0.29, 0.717) is 0 Å². The minimum atomic E-state index is -3.05. The summed E-state index contributed by atoms with van der Waals surface area (Å²) < 4.78 is 27.5. The van der Waals surface area contributed by atoms with Crippen LogP contribution in [-0.2, 0) is 19.4 Å². The van der Waals surface area contributed by atoms with Crippen molar-refractivity contribution in [2.45, 2.75) is 71.1 Å². The van der Waals surface area contributed by atoms with Crippen LogP contribution in [0.1, 0.15) is 71.1 Å². The van der Waals surface area contributed by atoms with Gasteiger partial charge in [0.2, 0.25) is 0 Å². The SMILES string of the molecule is CCCCCCCCCCCCS(=O)(=O)CCOC=O. The van der Waals surface area contributed by atoms with Gasteiger partial charge in [0.25, 0.3) is 6.47 Å². The van der Waals surface area contributed by atoms with Crippen molar-refractivity contribution in [2.75, 3.05) is 18.1 Å². The minimum absolute atomic E-state index is 0.0242. The first-order valence-corrected chi connectivity index (χ1v) is 9.70. The van der Waals surface area contributed by atoms with E-state index in [1.54, 1.807) is 0 Å². The molecule has 0 N–H and O–H groups in total. The van der Waals surface area contributed by atoms with Crippen LogP contribution in [0.4, 0.5) is 0 Å². The van der Waals surface area contributed by atoms with Crippen molar-refractivity contribution >= 4 is 16.3 Å². The summed E-state index contributed by atoms with van der Waals surface area (Å²) in [5.41, 5.74) is 0. The maximum atomic E-state index is 11.5. The molecular formula is C15H30O4S. The molecule has 0 unspecified atom stereocenters. The van der Waals surface area contributed by atoms with Gasteiger partial charge in [-0.2, -0.15) is 0 Å². The van der Waals surface area contributed by atoms with Crippen LogP contribution in [0.15, 0.2) is 0 Å². The highest BCUT2D eigenvalue weighted by Crippen LogP contribution is 2.11. The van der Waals surface area contributed by atoms with E-state index in [4.69, 9.17) is 0 Å². The molecule has 0 spiro atoms. The van der Waals surface area contributed by atoms with Gasteiger partial charge in [-0.3, -0.25) is 4.79 Å². The molecule has 0 fully saturated rings. The summed E-state index contributed by atoms with van der Waals surface area (Å²) in [6.45, 7) is 2.48. The number of hydrogen-bond donors (Lipinski definition) is 0. The molecule has 0 aliphatic heterocycles. The second kappa shape index (κ2) is 13.4. The van der Waals surface area contributed by atoms with E-state index < -0.39 is 9.84 Å². The molecule has 0 atom stereocenters. The molecule has 0 aromatic rings. The predicted molar refractivity (Wildman–Crippen MR) is 82.5 cm³/mol. The molecule has 0 bridgehead atoms. The highest BCUT2D eigenvalue weighted by atomic mass is 32.2. The standard InChI is InChI=1S/C15H30O4S/c1-2-3-4-5-6-7-8-9-10-11-13-20(17,18)14-12-19-15-16/h15H,2-14H2,1H3. The van der Waals surface area contributed by atoms with Gasteiger partial charge in [-0.15, -0.1) is 0 Å². The predicted octanol–water partition coefficient (Wildman–Crippen LogP) is 3.50. The fourth-order valence-electron chi connectivity index (χ4n) is 2.13. The summed E-state index contributed by atoms with van der Waals surface area (Å²) in [6.07, 6.45) is 11.9. The summed E-state index contributed by atoms with van der Waals surface area (Å²) in [4.78, 5) is 9.92. The van der Waals surface area contributed by atoms with Crippen molar-refractivity contribution in [3.8, 4) is 0 Å². The summed E-state index contributed by atoms with van der Waals surface area (Å²) in [5, 5.41) is 0. The number of ether oxygens (including phenoxy) is 1. The molecule has 0 aliphatic carbocycles. The fourth-order valence-corrected chi connectivity index (χ4v) is 3.33. The van der Waals surface area contributed by atoms with Crippen LogP contribution in [-0.4, -0.2) is 33.0 Å². The minimum Gasteiger partial charge on any atom is -0.467 e. The number of hydrogen-bond acceptors (Lipinski definition) is 4. The van der Waals surface area contributed by atoms with Gasteiger partial charge in [0.15, 0.2) is 9.84 Å². The first-order valence-electron chi connectivity index (χ1n) is 7.88. The quantitative estimate of drug-likeness (QED) is 0.343. The maximum Gasteiger partial charge on any atom is 0.293 e. The number of carbonyl (C=O) groups is 1. The van der Waals surface area contributed by atoms with Crippen molar-refractivity contribution in [3.05, 3.63) is 0 Å². The second-order valence-corrected chi connectivity index (χ2v) is 7.60. The van der Waals surface area contributed by atoms with Crippen molar-refractivity contribution in [1.82, 2.24) is 0 Å². The first kappa shape index (κ1) is 19.4. The Morgan fingerprint density at radius 2 is 1.30 bits per heavy atom. The molecule has 0 aromatic carbocycles. The Morgan fingerprint density at radius 1 is 0.800 bits per heavy atom. The van der Waals surface area contributed by atoms with E-state index in [1.807, 2.05) is 0 Å². The van der Waals surface area contributed by atoms with E-state index in [9.17, 15) is 13.2 Å². The van der Waals surface area contributed by atoms with E-state index in [1.165, 1.54) is 44.9 Å². The zero-order valence-corrected chi connectivity index (χ0v) is 13.6. The smallest absolute Gasteiger partial charge is 0.293 e. The molecule has 4 nitrogen and oxygen atoms in total. The second-order valence-electron chi connectivity index (χ2n) is 5.30. The van der Waals surface area contributed by atoms with Crippen LogP contribution in [0, 0.1) is 0 Å². The van der Waals surface area contributed by atoms with Gasteiger partial charge in [-0.05, 0) is 6.42 Å². The molecule has 0 heterocycles. The molecular weight excluding hydrogens is 276 g/mol. The Morgan fingerprint density at radius 3 is 1.80 bits per heavy atom.